The van der Waals surface area contributed by atoms with Gasteiger partial charge in [0.05, 0.1) is 13.0 Å². The Kier molecular flexibility index (Phi) is 14.9. The molecule has 11 heteroatoms. The number of nitrogens with zero attached hydrogens (tertiary/aromatic N) is 3. The van der Waals surface area contributed by atoms with Gasteiger partial charge in [-0.3, -0.25) is 14.4 Å². The lowest BCUT2D eigenvalue weighted by molar-refractivity contribution is -0.145. The van der Waals surface area contributed by atoms with Crippen molar-refractivity contribution in [1.29, 1.82) is 0 Å². The number of carboxylic acids is 1. The third kappa shape index (κ3) is 12.2. The first kappa shape index (κ1) is 41.2. The Balaban J connectivity index is 1.45. The third-order valence-electron chi connectivity index (χ3n) is 9.14. The maximum Gasteiger partial charge on any atom is 0.326 e. The number of amides is 3. The number of carbonyl (C=O) groups is 4. The number of hydrogen-bond donors (Lipinski definition) is 3. The van der Waals surface area contributed by atoms with E-state index in [2.05, 4.69) is 48.3 Å². The van der Waals surface area contributed by atoms with Crippen LogP contribution in [-0.2, 0) is 26.2 Å². The maximum atomic E-state index is 13.6. The summed E-state index contributed by atoms with van der Waals surface area (Å²) in [4.78, 5) is 61.7. The van der Waals surface area contributed by atoms with Crippen molar-refractivity contribution in [2.45, 2.75) is 90.1 Å². The lowest BCUT2D eigenvalue weighted by atomic mass is 9.86. The van der Waals surface area contributed by atoms with E-state index in [0.29, 0.717) is 23.6 Å². The largest absolute Gasteiger partial charge is 0.494 e. The summed E-state index contributed by atoms with van der Waals surface area (Å²) in [6.45, 7) is 9.13. The van der Waals surface area contributed by atoms with E-state index in [1.165, 1.54) is 44.7 Å². The fraction of sp³-hybridized carbons (Fsp3) is 0.395. The van der Waals surface area contributed by atoms with Crippen LogP contribution in [0.5, 0.6) is 5.75 Å². The Hall–Kier alpha value is -5.58. The Bertz CT molecular complexity index is 1830. The Morgan fingerprint density at radius 1 is 0.759 bits per heavy atom. The monoisotopic (exact) mass is 735 g/mol. The van der Waals surface area contributed by atoms with E-state index >= 15 is 0 Å². The second-order valence-electron chi connectivity index (χ2n) is 14.7. The molecule has 0 fully saturated rings. The predicted octanol–water partition coefficient (Wildman–Crippen LogP) is 6.85. The summed E-state index contributed by atoms with van der Waals surface area (Å²) in [5.74, 6) is -1.67. The molecule has 0 saturated heterocycles. The van der Waals surface area contributed by atoms with Crippen LogP contribution in [-0.4, -0.2) is 76.5 Å². The van der Waals surface area contributed by atoms with Gasteiger partial charge in [0.25, 0.3) is 5.91 Å². The van der Waals surface area contributed by atoms with Crippen molar-refractivity contribution in [3.63, 3.8) is 0 Å². The normalized spacial score (nSPS) is 12.3. The summed E-state index contributed by atoms with van der Waals surface area (Å²) in [6, 6.07) is 19.7. The predicted molar refractivity (Wildman–Crippen MR) is 210 cm³/mol. The first-order valence-corrected chi connectivity index (χ1v) is 18.5. The molecule has 1 aromatic heterocycles. The number of benzene rings is 3. The van der Waals surface area contributed by atoms with Crippen LogP contribution in [0.1, 0.15) is 87.7 Å². The third-order valence-corrected chi connectivity index (χ3v) is 9.14. The van der Waals surface area contributed by atoms with Crippen molar-refractivity contribution in [2.75, 3.05) is 20.7 Å². The highest BCUT2D eigenvalue weighted by atomic mass is 16.5. The van der Waals surface area contributed by atoms with Crippen molar-refractivity contribution in [2.24, 2.45) is 0 Å². The molecule has 3 amide bonds. The molecular weight excluding hydrogens is 683 g/mol. The molecule has 0 saturated carbocycles. The first-order chi connectivity index (χ1) is 25.7. The standard InChI is InChI=1S/C43H53N5O6/c1-7-8-9-10-11-24-54-35-22-18-30(19-23-35)33-27-44-39(45-28-33)31-14-12-29(13-15-31)25-36(41(51)47-37(42(52)53)26-38(49)48(5)6)46-40(50)32-16-20-34(21-17-32)43(2,3)4/h12-23,27-28,36-37H,7-11,24-26H2,1-6H3,(H,46,50)(H,47,51)(H,52,53). The molecule has 4 rings (SSSR count). The van der Waals surface area contributed by atoms with Crippen LogP contribution in [0.2, 0.25) is 0 Å². The van der Waals surface area contributed by atoms with Crippen molar-refractivity contribution in [3.8, 4) is 28.3 Å². The average molecular weight is 736 g/mol. The van der Waals surface area contributed by atoms with E-state index in [0.717, 1.165) is 34.4 Å². The molecule has 2 unspecified atom stereocenters. The van der Waals surface area contributed by atoms with Gasteiger partial charge in [0.2, 0.25) is 11.8 Å². The van der Waals surface area contributed by atoms with Crippen LogP contribution in [0, 0.1) is 0 Å². The van der Waals surface area contributed by atoms with E-state index in [9.17, 15) is 24.3 Å². The van der Waals surface area contributed by atoms with Crippen LogP contribution in [0.25, 0.3) is 22.5 Å². The quantitative estimate of drug-likeness (QED) is 0.0940. The highest BCUT2D eigenvalue weighted by molar-refractivity contribution is 5.98. The molecule has 0 aliphatic heterocycles. The molecule has 2 atom stereocenters. The molecule has 0 aliphatic carbocycles. The number of rotatable bonds is 18. The number of ether oxygens (including phenoxy) is 1. The molecule has 3 aromatic carbocycles. The van der Waals surface area contributed by atoms with Gasteiger partial charge in [-0.2, -0.15) is 0 Å². The van der Waals surface area contributed by atoms with Gasteiger partial charge in [0.15, 0.2) is 5.82 Å². The molecule has 11 nitrogen and oxygen atoms in total. The molecule has 1 heterocycles. The van der Waals surface area contributed by atoms with E-state index in [1.54, 1.807) is 24.5 Å². The minimum atomic E-state index is -1.48. The van der Waals surface area contributed by atoms with Gasteiger partial charge in [-0.05, 0) is 52.8 Å². The zero-order valence-corrected chi connectivity index (χ0v) is 32.2. The van der Waals surface area contributed by atoms with E-state index < -0.39 is 42.2 Å². The molecule has 0 spiro atoms. The van der Waals surface area contributed by atoms with Gasteiger partial charge in [-0.1, -0.05) is 102 Å². The van der Waals surface area contributed by atoms with Crippen LogP contribution in [0.15, 0.2) is 85.2 Å². The Morgan fingerprint density at radius 2 is 1.37 bits per heavy atom. The summed E-state index contributed by atoms with van der Waals surface area (Å²) in [6.07, 6.45) is 9.11. The minimum absolute atomic E-state index is 0.0598. The van der Waals surface area contributed by atoms with Gasteiger partial charge in [-0.15, -0.1) is 0 Å². The van der Waals surface area contributed by atoms with Crippen LogP contribution >= 0.6 is 0 Å². The number of nitrogens with one attached hydrogen (secondary N) is 2. The van der Waals surface area contributed by atoms with E-state index in [1.807, 2.05) is 60.7 Å². The van der Waals surface area contributed by atoms with Crippen molar-refractivity contribution >= 4 is 23.7 Å². The summed E-state index contributed by atoms with van der Waals surface area (Å²) < 4.78 is 5.89. The molecule has 286 valence electrons. The second-order valence-corrected chi connectivity index (χ2v) is 14.7. The molecule has 0 radical (unpaired) electrons. The lowest BCUT2D eigenvalue weighted by Crippen LogP contribution is -2.53. The van der Waals surface area contributed by atoms with Gasteiger partial charge < -0.3 is 25.4 Å². The van der Waals surface area contributed by atoms with Gasteiger partial charge in [-0.25, -0.2) is 14.8 Å². The molecule has 0 aliphatic rings. The topological polar surface area (TPSA) is 151 Å². The highest BCUT2D eigenvalue weighted by Gasteiger charge is 2.29. The van der Waals surface area contributed by atoms with Crippen LogP contribution < -0.4 is 15.4 Å². The number of hydrogen-bond acceptors (Lipinski definition) is 7. The van der Waals surface area contributed by atoms with Crippen molar-refractivity contribution in [1.82, 2.24) is 25.5 Å². The summed E-state index contributed by atoms with van der Waals surface area (Å²) >= 11 is 0. The molecule has 4 aromatic rings. The fourth-order valence-electron chi connectivity index (χ4n) is 5.69. The van der Waals surface area contributed by atoms with Crippen molar-refractivity contribution in [3.05, 3.63) is 102 Å². The Morgan fingerprint density at radius 3 is 1.94 bits per heavy atom. The van der Waals surface area contributed by atoms with Crippen LogP contribution in [0.3, 0.4) is 0 Å². The number of aromatic nitrogens is 2. The maximum absolute atomic E-state index is 13.6. The van der Waals surface area contributed by atoms with E-state index in [-0.39, 0.29) is 11.8 Å². The summed E-state index contributed by atoms with van der Waals surface area (Å²) in [5.41, 5.74) is 4.59. The molecule has 54 heavy (non-hydrogen) atoms. The zero-order chi connectivity index (χ0) is 39.3. The number of aliphatic carboxylic acids is 1. The minimum Gasteiger partial charge on any atom is -0.494 e. The van der Waals surface area contributed by atoms with Gasteiger partial charge in [0, 0.05) is 49.6 Å². The smallest absolute Gasteiger partial charge is 0.326 e. The lowest BCUT2D eigenvalue weighted by Gasteiger charge is -2.23. The molecular formula is C43H53N5O6. The van der Waals surface area contributed by atoms with Crippen molar-refractivity contribution < 1.29 is 29.0 Å². The van der Waals surface area contributed by atoms with Gasteiger partial charge in [0.1, 0.15) is 17.8 Å². The van der Waals surface area contributed by atoms with Gasteiger partial charge >= 0.3 is 5.97 Å². The van der Waals surface area contributed by atoms with Crippen LogP contribution in [0.4, 0.5) is 0 Å². The summed E-state index contributed by atoms with van der Waals surface area (Å²) in [7, 11) is 3.01. The number of unbranched alkanes of at least 4 members (excludes halogenated alkanes) is 4. The number of carboxylic acid groups (broad SMARTS) is 1. The average Bonchev–Trinajstić information content (AvgIpc) is 3.15. The van der Waals surface area contributed by atoms with E-state index in [4.69, 9.17) is 4.74 Å². The number of carbonyl (C=O) groups excluding carboxylic acids is 3. The summed E-state index contributed by atoms with van der Waals surface area (Å²) in [5, 5.41) is 15.0. The second kappa shape index (κ2) is 19.5. The fourth-order valence-corrected chi connectivity index (χ4v) is 5.69. The zero-order valence-electron chi connectivity index (χ0n) is 32.2. The molecule has 0 bridgehead atoms. The highest BCUT2D eigenvalue weighted by Crippen LogP contribution is 2.25. The SMILES string of the molecule is CCCCCCCOc1ccc(-c2cnc(-c3ccc(CC(NC(=O)c4ccc(C(C)(C)C)cc4)C(=O)NC(CC(=O)N(C)C)C(=O)O)cc3)nc2)cc1. The first-order valence-electron chi connectivity index (χ1n) is 18.5. The Labute approximate surface area is 318 Å². The molecule has 3 N–H and O–H groups in total.